The van der Waals surface area contributed by atoms with Gasteiger partial charge in [0.2, 0.25) is 0 Å². The maximum Gasteiger partial charge on any atom is 0.0226 e. The van der Waals surface area contributed by atoms with Crippen LogP contribution in [0.1, 0.15) is 32.1 Å². The third-order valence-corrected chi connectivity index (χ3v) is 2.03. The second kappa shape index (κ2) is 3.94. The minimum absolute atomic E-state index is 0.817. The van der Waals surface area contributed by atoms with Crippen molar-refractivity contribution in [2.45, 2.75) is 32.1 Å². The lowest BCUT2D eigenvalue weighted by Crippen LogP contribution is -1.79. The molecule has 0 unspecified atom stereocenters. The van der Waals surface area contributed by atoms with Crippen molar-refractivity contribution in [2.24, 2.45) is 0 Å². The molecule has 0 atom stereocenters. The van der Waals surface area contributed by atoms with Crippen LogP contribution in [0.25, 0.3) is 0 Å². The highest BCUT2D eigenvalue weighted by Crippen LogP contribution is 2.21. The van der Waals surface area contributed by atoms with Crippen molar-refractivity contribution < 1.29 is 0 Å². The lowest BCUT2D eigenvalue weighted by atomic mass is 10.1. The molecule has 0 nitrogen and oxygen atoms in total. The normalized spacial score (nSPS) is 18.1. The fraction of sp³-hybridized carbons (Fsp3) is 0.750. The van der Waals surface area contributed by atoms with Crippen molar-refractivity contribution in [2.75, 3.05) is 5.88 Å². The molecule has 0 aromatic rings. The predicted molar refractivity (Wildman–Crippen MR) is 41.9 cm³/mol. The summed E-state index contributed by atoms with van der Waals surface area (Å²) in [6.45, 7) is 0. The summed E-state index contributed by atoms with van der Waals surface area (Å²) in [4.78, 5) is 0. The molecule has 0 radical (unpaired) electrons. The SMILES string of the molecule is ClCCCC1=CCCC1. The molecule has 0 aromatic heterocycles. The van der Waals surface area contributed by atoms with Crippen LogP contribution >= 0.6 is 11.6 Å². The van der Waals surface area contributed by atoms with Gasteiger partial charge in [0, 0.05) is 5.88 Å². The molecule has 1 aliphatic carbocycles. The Bertz CT molecular complexity index is 105. The molecule has 0 aliphatic heterocycles. The summed E-state index contributed by atoms with van der Waals surface area (Å²) in [7, 11) is 0. The Labute approximate surface area is 61.9 Å². The van der Waals surface area contributed by atoms with Crippen LogP contribution in [0.4, 0.5) is 0 Å². The van der Waals surface area contributed by atoms with Crippen molar-refractivity contribution in [3.05, 3.63) is 11.6 Å². The van der Waals surface area contributed by atoms with Crippen LogP contribution in [0.3, 0.4) is 0 Å². The fourth-order valence-electron chi connectivity index (χ4n) is 1.26. The number of hydrogen-bond donors (Lipinski definition) is 0. The van der Waals surface area contributed by atoms with Crippen LogP contribution in [0.5, 0.6) is 0 Å². The molecule has 52 valence electrons. The lowest BCUT2D eigenvalue weighted by molar-refractivity contribution is 0.833. The predicted octanol–water partition coefficient (Wildman–Crippen LogP) is 3.12. The van der Waals surface area contributed by atoms with Gasteiger partial charge in [-0.15, -0.1) is 11.6 Å². The second-order valence-corrected chi connectivity index (χ2v) is 2.93. The van der Waals surface area contributed by atoms with E-state index in [0.717, 1.165) is 12.3 Å². The average molecular weight is 145 g/mol. The van der Waals surface area contributed by atoms with E-state index in [9.17, 15) is 0 Å². The monoisotopic (exact) mass is 144 g/mol. The van der Waals surface area contributed by atoms with Gasteiger partial charge in [0.1, 0.15) is 0 Å². The van der Waals surface area contributed by atoms with E-state index < -0.39 is 0 Å². The van der Waals surface area contributed by atoms with Crippen LogP contribution in [0, 0.1) is 0 Å². The van der Waals surface area contributed by atoms with E-state index in [1.54, 1.807) is 5.57 Å². The van der Waals surface area contributed by atoms with Gasteiger partial charge in [-0.1, -0.05) is 11.6 Å². The van der Waals surface area contributed by atoms with Gasteiger partial charge in [0.25, 0.3) is 0 Å². The van der Waals surface area contributed by atoms with Crippen LogP contribution in [-0.2, 0) is 0 Å². The summed E-state index contributed by atoms with van der Waals surface area (Å²) in [6.07, 6.45) is 8.77. The minimum Gasteiger partial charge on any atom is -0.127 e. The first-order valence-corrected chi connectivity index (χ1v) is 4.21. The number of allylic oxidation sites excluding steroid dienone is 2. The van der Waals surface area contributed by atoms with Crippen molar-refractivity contribution in [1.82, 2.24) is 0 Å². The Morgan fingerprint density at radius 2 is 2.44 bits per heavy atom. The molecule has 0 amide bonds. The molecule has 1 heteroatoms. The zero-order valence-corrected chi connectivity index (χ0v) is 6.45. The van der Waals surface area contributed by atoms with E-state index in [2.05, 4.69) is 6.08 Å². The van der Waals surface area contributed by atoms with Gasteiger partial charge in [-0.05, 0) is 32.1 Å². The molecule has 1 rings (SSSR count). The molecular weight excluding hydrogens is 132 g/mol. The van der Waals surface area contributed by atoms with E-state index in [-0.39, 0.29) is 0 Å². The third kappa shape index (κ3) is 2.40. The largest absolute Gasteiger partial charge is 0.127 e. The Hall–Kier alpha value is 0.0300. The van der Waals surface area contributed by atoms with Crippen molar-refractivity contribution in [3.63, 3.8) is 0 Å². The summed E-state index contributed by atoms with van der Waals surface area (Å²) in [5.41, 5.74) is 1.63. The van der Waals surface area contributed by atoms with Gasteiger partial charge >= 0.3 is 0 Å². The molecule has 0 N–H and O–H groups in total. The van der Waals surface area contributed by atoms with Crippen molar-refractivity contribution >= 4 is 11.6 Å². The lowest BCUT2D eigenvalue weighted by Gasteiger charge is -1.96. The van der Waals surface area contributed by atoms with Gasteiger partial charge in [0.15, 0.2) is 0 Å². The standard InChI is InChI=1S/C8H13Cl/c9-7-3-6-8-4-1-2-5-8/h4H,1-3,5-7H2. The molecule has 0 saturated heterocycles. The van der Waals surface area contributed by atoms with Gasteiger partial charge in [-0.2, -0.15) is 0 Å². The summed E-state index contributed by atoms with van der Waals surface area (Å²) in [5.74, 6) is 0.817. The molecule has 0 bridgehead atoms. The molecule has 9 heavy (non-hydrogen) atoms. The molecule has 0 aromatic carbocycles. The molecule has 0 saturated carbocycles. The highest BCUT2D eigenvalue weighted by Gasteiger charge is 2.02. The zero-order valence-electron chi connectivity index (χ0n) is 5.70. The molecule has 0 spiro atoms. The van der Waals surface area contributed by atoms with Crippen molar-refractivity contribution in [3.8, 4) is 0 Å². The molecule has 0 heterocycles. The van der Waals surface area contributed by atoms with E-state index in [4.69, 9.17) is 11.6 Å². The Morgan fingerprint density at radius 1 is 1.56 bits per heavy atom. The Kier molecular flexibility index (Phi) is 3.13. The topological polar surface area (TPSA) is 0 Å². The fourth-order valence-corrected chi connectivity index (χ4v) is 1.39. The van der Waals surface area contributed by atoms with Gasteiger partial charge in [-0.25, -0.2) is 0 Å². The number of halogens is 1. The average Bonchev–Trinajstić information content (AvgIpc) is 2.34. The highest BCUT2D eigenvalue weighted by atomic mass is 35.5. The smallest absolute Gasteiger partial charge is 0.0226 e. The second-order valence-electron chi connectivity index (χ2n) is 2.55. The minimum atomic E-state index is 0.817. The Balaban J connectivity index is 2.11. The van der Waals surface area contributed by atoms with E-state index in [1.165, 1.54) is 25.7 Å². The third-order valence-electron chi connectivity index (χ3n) is 1.77. The molecular formula is C8H13Cl. The summed E-state index contributed by atoms with van der Waals surface area (Å²) >= 11 is 5.55. The number of hydrogen-bond acceptors (Lipinski definition) is 0. The van der Waals surface area contributed by atoms with E-state index >= 15 is 0 Å². The van der Waals surface area contributed by atoms with Gasteiger partial charge in [-0.3, -0.25) is 0 Å². The maximum absolute atomic E-state index is 5.55. The van der Waals surface area contributed by atoms with Crippen LogP contribution in [-0.4, -0.2) is 5.88 Å². The van der Waals surface area contributed by atoms with E-state index in [0.29, 0.717) is 0 Å². The van der Waals surface area contributed by atoms with Gasteiger partial charge in [0.05, 0.1) is 0 Å². The van der Waals surface area contributed by atoms with Crippen LogP contribution < -0.4 is 0 Å². The summed E-state index contributed by atoms with van der Waals surface area (Å²) < 4.78 is 0. The molecule has 0 fully saturated rings. The van der Waals surface area contributed by atoms with Gasteiger partial charge < -0.3 is 0 Å². The first-order chi connectivity index (χ1) is 4.43. The quantitative estimate of drug-likeness (QED) is 0.422. The number of rotatable bonds is 3. The maximum atomic E-state index is 5.55. The van der Waals surface area contributed by atoms with Crippen LogP contribution in [0.15, 0.2) is 11.6 Å². The Morgan fingerprint density at radius 3 is 3.00 bits per heavy atom. The van der Waals surface area contributed by atoms with Crippen molar-refractivity contribution in [1.29, 1.82) is 0 Å². The van der Waals surface area contributed by atoms with Crippen LogP contribution in [0.2, 0.25) is 0 Å². The number of alkyl halides is 1. The first-order valence-electron chi connectivity index (χ1n) is 3.67. The first kappa shape index (κ1) is 7.14. The molecule has 1 aliphatic rings. The van der Waals surface area contributed by atoms with E-state index in [1.807, 2.05) is 0 Å². The highest BCUT2D eigenvalue weighted by molar-refractivity contribution is 6.17. The summed E-state index contributed by atoms with van der Waals surface area (Å²) in [6, 6.07) is 0. The summed E-state index contributed by atoms with van der Waals surface area (Å²) in [5, 5.41) is 0. The zero-order chi connectivity index (χ0) is 6.53.